The van der Waals surface area contributed by atoms with E-state index in [1.807, 2.05) is 6.20 Å². The Hall–Kier alpha value is -0.930. The average molecular weight is 264 g/mol. The number of ether oxygens (including phenoxy) is 1. The Bertz CT molecular complexity index is 311. The molecule has 0 fully saturated rings. The smallest absolute Gasteiger partial charge is 0.0887 e. The second-order valence-corrected chi connectivity index (χ2v) is 4.90. The van der Waals surface area contributed by atoms with E-state index >= 15 is 0 Å². The molecule has 0 aliphatic carbocycles. The molecule has 3 nitrogen and oxygen atoms in total. The zero-order chi connectivity index (χ0) is 13.8. The van der Waals surface area contributed by atoms with Crippen LogP contribution in [0.5, 0.6) is 0 Å². The minimum atomic E-state index is 0.634. The van der Waals surface area contributed by atoms with E-state index in [0.29, 0.717) is 6.61 Å². The summed E-state index contributed by atoms with van der Waals surface area (Å²) < 4.78 is 5.64. The van der Waals surface area contributed by atoms with Crippen LogP contribution in [0.1, 0.15) is 57.2 Å². The molecule has 0 saturated carbocycles. The molecule has 3 heteroatoms. The molecule has 0 bridgehead atoms. The van der Waals surface area contributed by atoms with Crippen LogP contribution in [0.2, 0.25) is 0 Å². The van der Waals surface area contributed by atoms with Crippen molar-refractivity contribution in [2.24, 2.45) is 0 Å². The molecule has 1 N–H and O–H groups in total. The number of hydrogen-bond donors (Lipinski definition) is 1. The predicted octanol–water partition coefficient (Wildman–Crippen LogP) is 3.68. The average Bonchev–Trinajstić information content (AvgIpc) is 2.45. The molecule has 0 atom stereocenters. The number of pyridine rings is 1. The van der Waals surface area contributed by atoms with Gasteiger partial charge in [-0.05, 0) is 24.6 Å². The Kier molecular flexibility index (Phi) is 9.29. The van der Waals surface area contributed by atoms with E-state index in [1.165, 1.54) is 37.7 Å². The van der Waals surface area contributed by atoms with Gasteiger partial charge in [0.1, 0.15) is 0 Å². The normalized spacial score (nSPS) is 10.8. The fraction of sp³-hybridized carbons (Fsp3) is 0.688. The Morgan fingerprint density at radius 3 is 2.63 bits per heavy atom. The van der Waals surface area contributed by atoms with Crippen LogP contribution in [0.4, 0.5) is 0 Å². The number of unbranched alkanes of at least 4 members (excludes halogenated alkanes) is 4. The number of nitrogens with zero attached hydrogens (tertiary/aromatic N) is 1. The van der Waals surface area contributed by atoms with Gasteiger partial charge in [0.25, 0.3) is 0 Å². The number of aromatic nitrogens is 1. The van der Waals surface area contributed by atoms with Crippen molar-refractivity contribution in [1.29, 1.82) is 0 Å². The third kappa shape index (κ3) is 7.96. The Labute approximate surface area is 117 Å². The highest BCUT2D eigenvalue weighted by Crippen LogP contribution is 2.05. The van der Waals surface area contributed by atoms with Crippen LogP contribution in [-0.2, 0) is 17.9 Å². The number of nitrogens with one attached hydrogen (secondary N) is 1. The van der Waals surface area contributed by atoms with Gasteiger partial charge >= 0.3 is 0 Å². The minimum Gasteiger partial charge on any atom is -0.375 e. The molecule has 0 saturated heterocycles. The highest BCUT2D eigenvalue weighted by Gasteiger charge is 1.97. The zero-order valence-corrected chi connectivity index (χ0v) is 12.5. The molecule has 0 radical (unpaired) electrons. The van der Waals surface area contributed by atoms with Crippen LogP contribution in [-0.4, -0.2) is 18.1 Å². The van der Waals surface area contributed by atoms with Gasteiger partial charge in [0.2, 0.25) is 0 Å². The molecular weight excluding hydrogens is 236 g/mol. The molecule has 1 heterocycles. The van der Waals surface area contributed by atoms with E-state index in [1.54, 1.807) is 0 Å². The Morgan fingerprint density at radius 2 is 1.95 bits per heavy atom. The third-order valence-electron chi connectivity index (χ3n) is 3.11. The van der Waals surface area contributed by atoms with Crippen LogP contribution < -0.4 is 5.32 Å². The van der Waals surface area contributed by atoms with Crippen molar-refractivity contribution < 1.29 is 4.74 Å². The first-order valence-electron chi connectivity index (χ1n) is 7.59. The minimum absolute atomic E-state index is 0.634. The van der Waals surface area contributed by atoms with E-state index in [4.69, 9.17) is 4.74 Å². The highest BCUT2D eigenvalue weighted by molar-refractivity contribution is 5.13. The molecule has 0 unspecified atom stereocenters. The molecule has 1 rings (SSSR count). The van der Waals surface area contributed by atoms with Crippen LogP contribution in [0.15, 0.2) is 18.3 Å². The molecule has 0 spiro atoms. The third-order valence-corrected chi connectivity index (χ3v) is 3.11. The van der Waals surface area contributed by atoms with E-state index < -0.39 is 0 Å². The lowest BCUT2D eigenvalue weighted by Gasteiger charge is -2.05. The standard InChI is InChI=1S/C16H28N2O/c1-3-5-6-7-8-11-19-14-16-10-9-15(13-18-16)12-17-4-2/h9-10,13,17H,3-8,11-12,14H2,1-2H3. The van der Waals surface area contributed by atoms with Crippen LogP contribution in [0.3, 0.4) is 0 Å². The summed E-state index contributed by atoms with van der Waals surface area (Å²) in [5.41, 5.74) is 2.25. The van der Waals surface area contributed by atoms with Gasteiger partial charge in [-0.25, -0.2) is 0 Å². The summed E-state index contributed by atoms with van der Waals surface area (Å²) in [5.74, 6) is 0. The Balaban J connectivity index is 2.09. The van der Waals surface area contributed by atoms with Crippen LogP contribution in [0, 0.1) is 0 Å². The van der Waals surface area contributed by atoms with Crippen molar-refractivity contribution in [3.05, 3.63) is 29.6 Å². The molecule has 0 amide bonds. The molecule has 0 aromatic carbocycles. The van der Waals surface area contributed by atoms with Gasteiger partial charge < -0.3 is 10.1 Å². The lowest BCUT2D eigenvalue weighted by Crippen LogP contribution is -2.12. The molecule has 1 aromatic rings. The highest BCUT2D eigenvalue weighted by atomic mass is 16.5. The van der Waals surface area contributed by atoms with Crippen molar-refractivity contribution in [3.63, 3.8) is 0 Å². The summed E-state index contributed by atoms with van der Waals surface area (Å²) in [6, 6.07) is 4.18. The first-order chi connectivity index (χ1) is 9.36. The molecule has 0 aliphatic heterocycles. The van der Waals surface area contributed by atoms with Gasteiger partial charge in [-0.2, -0.15) is 0 Å². The number of rotatable bonds is 11. The summed E-state index contributed by atoms with van der Waals surface area (Å²) in [4.78, 5) is 4.41. The van der Waals surface area contributed by atoms with Gasteiger partial charge in [0.15, 0.2) is 0 Å². The second kappa shape index (κ2) is 10.9. The lowest BCUT2D eigenvalue weighted by atomic mass is 10.2. The molecule has 0 aliphatic rings. The monoisotopic (exact) mass is 264 g/mol. The summed E-state index contributed by atoms with van der Waals surface area (Å²) >= 11 is 0. The lowest BCUT2D eigenvalue weighted by molar-refractivity contribution is 0.114. The van der Waals surface area contributed by atoms with Gasteiger partial charge in [0.05, 0.1) is 12.3 Å². The molecule has 19 heavy (non-hydrogen) atoms. The first-order valence-corrected chi connectivity index (χ1v) is 7.59. The van der Waals surface area contributed by atoms with E-state index in [2.05, 4.69) is 36.3 Å². The maximum Gasteiger partial charge on any atom is 0.0887 e. The van der Waals surface area contributed by atoms with Crippen LogP contribution in [0.25, 0.3) is 0 Å². The SMILES string of the molecule is CCCCCCCOCc1ccc(CNCC)cn1. The van der Waals surface area contributed by atoms with E-state index in [0.717, 1.165) is 25.4 Å². The quantitative estimate of drug-likeness (QED) is 0.619. The molecule has 108 valence electrons. The van der Waals surface area contributed by atoms with Crippen molar-refractivity contribution in [2.75, 3.05) is 13.2 Å². The van der Waals surface area contributed by atoms with Crippen molar-refractivity contribution in [3.8, 4) is 0 Å². The molecule has 1 aromatic heterocycles. The summed E-state index contributed by atoms with van der Waals surface area (Å²) in [6.45, 7) is 7.71. The van der Waals surface area contributed by atoms with Gasteiger partial charge in [-0.15, -0.1) is 0 Å². The van der Waals surface area contributed by atoms with Gasteiger partial charge in [-0.1, -0.05) is 45.6 Å². The Morgan fingerprint density at radius 1 is 1.11 bits per heavy atom. The van der Waals surface area contributed by atoms with Crippen molar-refractivity contribution in [1.82, 2.24) is 10.3 Å². The number of hydrogen-bond acceptors (Lipinski definition) is 3. The van der Waals surface area contributed by atoms with Gasteiger partial charge in [-0.3, -0.25) is 4.98 Å². The van der Waals surface area contributed by atoms with Crippen LogP contribution >= 0.6 is 0 Å². The second-order valence-electron chi connectivity index (χ2n) is 4.90. The predicted molar refractivity (Wildman–Crippen MR) is 80.0 cm³/mol. The summed E-state index contributed by atoms with van der Waals surface area (Å²) in [5, 5.41) is 3.29. The fourth-order valence-electron chi connectivity index (χ4n) is 1.90. The topological polar surface area (TPSA) is 34.1 Å². The van der Waals surface area contributed by atoms with Crippen molar-refractivity contribution in [2.45, 2.75) is 59.1 Å². The fourth-order valence-corrected chi connectivity index (χ4v) is 1.90. The largest absolute Gasteiger partial charge is 0.375 e. The summed E-state index contributed by atoms with van der Waals surface area (Å²) in [7, 11) is 0. The maximum absolute atomic E-state index is 5.64. The molecular formula is C16H28N2O. The zero-order valence-electron chi connectivity index (χ0n) is 12.5. The summed E-state index contributed by atoms with van der Waals surface area (Å²) in [6.07, 6.45) is 8.35. The maximum atomic E-state index is 5.64. The van der Waals surface area contributed by atoms with E-state index in [9.17, 15) is 0 Å². The van der Waals surface area contributed by atoms with Crippen molar-refractivity contribution >= 4 is 0 Å². The van der Waals surface area contributed by atoms with E-state index in [-0.39, 0.29) is 0 Å². The first kappa shape index (κ1) is 16.1. The van der Waals surface area contributed by atoms with Gasteiger partial charge in [0, 0.05) is 19.3 Å².